The van der Waals surface area contributed by atoms with Crippen LogP contribution in [0, 0.1) is 11.8 Å². The topological polar surface area (TPSA) is 120 Å². The third kappa shape index (κ3) is 4.79. The molecule has 0 aromatic heterocycles. The zero-order valence-corrected chi connectivity index (χ0v) is 20.1. The van der Waals surface area contributed by atoms with Crippen molar-refractivity contribution in [2.45, 2.75) is 33.1 Å². The molecule has 0 bridgehead atoms. The minimum atomic E-state index is -0.985. The lowest BCUT2D eigenvalue weighted by atomic mass is 9.69. The molecule has 3 atom stereocenters. The van der Waals surface area contributed by atoms with Gasteiger partial charge in [-0.1, -0.05) is 13.0 Å². The van der Waals surface area contributed by atoms with E-state index in [1.165, 1.54) is 20.3 Å². The Labute approximate surface area is 198 Å². The third-order valence-corrected chi connectivity index (χ3v) is 6.10. The fourth-order valence-corrected chi connectivity index (χ4v) is 4.56. The monoisotopic (exact) mass is 473 g/mol. The number of hydrogen-bond acceptors (Lipinski definition) is 9. The number of phenols is 1. The number of aromatic hydroxyl groups is 1. The van der Waals surface area contributed by atoms with Crippen LogP contribution in [-0.2, 0) is 28.6 Å². The molecule has 0 saturated heterocycles. The first-order valence-corrected chi connectivity index (χ1v) is 11.2. The molecule has 2 aliphatic rings. The molecule has 9 heteroatoms. The molecule has 9 nitrogen and oxygen atoms in total. The first-order chi connectivity index (χ1) is 16.2. The Kier molecular flexibility index (Phi) is 7.98. The van der Waals surface area contributed by atoms with Gasteiger partial charge >= 0.3 is 11.9 Å². The molecule has 0 fully saturated rings. The number of benzene rings is 1. The Morgan fingerprint density at radius 1 is 1.21 bits per heavy atom. The van der Waals surface area contributed by atoms with Crippen molar-refractivity contribution in [3.05, 3.63) is 46.3 Å². The first kappa shape index (κ1) is 25.3. The van der Waals surface area contributed by atoms with Crippen molar-refractivity contribution in [3.8, 4) is 11.5 Å². The highest BCUT2D eigenvalue weighted by Gasteiger charge is 2.47. The van der Waals surface area contributed by atoms with Gasteiger partial charge in [-0.3, -0.25) is 9.59 Å². The fourth-order valence-electron chi connectivity index (χ4n) is 4.56. The van der Waals surface area contributed by atoms with Crippen molar-refractivity contribution in [3.63, 3.8) is 0 Å². The van der Waals surface area contributed by atoms with Crippen LogP contribution in [-0.4, -0.2) is 56.9 Å². The van der Waals surface area contributed by atoms with Gasteiger partial charge in [0, 0.05) is 30.0 Å². The van der Waals surface area contributed by atoms with Crippen molar-refractivity contribution < 1.29 is 38.4 Å². The van der Waals surface area contributed by atoms with E-state index in [-0.39, 0.29) is 36.2 Å². The molecule has 1 aliphatic carbocycles. The van der Waals surface area contributed by atoms with Crippen molar-refractivity contribution >= 4 is 17.7 Å². The summed E-state index contributed by atoms with van der Waals surface area (Å²) in [6, 6.07) is 4.69. The molecule has 1 aromatic carbocycles. The fraction of sp³-hybridized carbons (Fsp3) is 0.480. The van der Waals surface area contributed by atoms with Crippen LogP contribution in [0.4, 0.5) is 0 Å². The summed E-state index contributed by atoms with van der Waals surface area (Å²) >= 11 is 0. The number of ketones is 1. The predicted octanol–water partition coefficient (Wildman–Crippen LogP) is 2.59. The normalized spacial score (nSPS) is 22.1. The molecular formula is C25H31NO8. The van der Waals surface area contributed by atoms with E-state index < -0.39 is 29.6 Å². The van der Waals surface area contributed by atoms with E-state index >= 15 is 0 Å². The number of carbonyl (C=O) groups excluding carboxylic acids is 3. The SMILES string of the molecule is CCOc1cc([C@@H]2C(C(=O)OCCOC)=C(C)NC3=C2C(=O)[C@H](C(=O)OC)[C@@H](C)C3)ccc1O. The molecule has 0 radical (unpaired) electrons. The molecule has 0 spiro atoms. The van der Waals surface area contributed by atoms with E-state index in [2.05, 4.69) is 5.32 Å². The average molecular weight is 474 g/mol. The molecule has 1 aromatic rings. The number of phenolic OH excluding ortho intramolecular Hbond substituents is 1. The number of allylic oxidation sites excluding steroid dienone is 3. The number of rotatable bonds is 8. The minimum Gasteiger partial charge on any atom is -0.504 e. The molecule has 0 unspecified atom stereocenters. The van der Waals surface area contributed by atoms with Gasteiger partial charge in [-0.25, -0.2) is 4.79 Å². The second-order valence-corrected chi connectivity index (χ2v) is 8.32. The van der Waals surface area contributed by atoms with Gasteiger partial charge in [0.15, 0.2) is 17.3 Å². The number of carbonyl (C=O) groups is 3. The number of Topliss-reactive ketones (excluding diaryl/α,β-unsaturated/α-hetero) is 1. The predicted molar refractivity (Wildman–Crippen MR) is 122 cm³/mol. The Balaban J connectivity index is 2.16. The molecule has 34 heavy (non-hydrogen) atoms. The standard InChI is InChI=1S/C25H31NO8/c1-6-33-18-12-15(7-8-17(18)27)21-20(25(30)34-10-9-31-4)14(3)26-16-11-13(2)19(24(29)32-5)23(28)22(16)21/h7-8,12-13,19,21,26-27H,6,9-11H2,1-5H3/t13-,19+,21+/m0/s1. The van der Waals surface area contributed by atoms with E-state index in [1.807, 2.05) is 6.92 Å². The summed E-state index contributed by atoms with van der Waals surface area (Å²) in [5.74, 6) is -3.54. The van der Waals surface area contributed by atoms with Crippen molar-refractivity contribution in [1.82, 2.24) is 5.32 Å². The Bertz CT molecular complexity index is 1040. The number of nitrogens with one attached hydrogen (secondary N) is 1. The maximum atomic E-state index is 13.7. The molecule has 3 rings (SSSR count). The zero-order chi connectivity index (χ0) is 25.0. The zero-order valence-electron chi connectivity index (χ0n) is 20.1. The van der Waals surface area contributed by atoms with Gasteiger partial charge in [0.2, 0.25) is 0 Å². The van der Waals surface area contributed by atoms with E-state index in [0.29, 0.717) is 35.6 Å². The molecule has 2 N–H and O–H groups in total. The second-order valence-electron chi connectivity index (χ2n) is 8.32. The van der Waals surface area contributed by atoms with Gasteiger partial charge < -0.3 is 29.4 Å². The highest BCUT2D eigenvalue weighted by molar-refractivity contribution is 6.12. The van der Waals surface area contributed by atoms with E-state index in [1.54, 1.807) is 26.0 Å². The number of ether oxygens (including phenoxy) is 4. The van der Waals surface area contributed by atoms with Gasteiger partial charge in [0.05, 0.1) is 25.9 Å². The number of esters is 2. The first-order valence-electron chi connectivity index (χ1n) is 11.2. The maximum Gasteiger partial charge on any atom is 0.336 e. The summed E-state index contributed by atoms with van der Waals surface area (Å²) in [4.78, 5) is 39.4. The highest BCUT2D eigenvalue weighted by atomic mass is 16.6. The smallest absolute Gasteiger partial charge is 0.336 e. The maximum absolute atomic E-state index is 13.7. The molecule has 0 amide bonds. The Hall–Kier alpha value is -3.33. The van der Waals surface area contributed by atoms with Crippen LogP contribution in [0.2, 0.25) is 0 Å². The van der Waals surface area contributed by atoms with Gasteiger partial charge in [-0.05, 0) is 43.9 Å². The van der Waals surface area contributed by atoms with E-state index in [4.69, 9.17) is 18.9 Å². The van der Waals surface area contributed by atoms with Crippen molar-refractivity contribution in [2.24, 2.45) is 11.8 Å². The molecule has 1 aliphatic heterocycles. The lowest BCUT2D eigenvalue weighted by molar-refractivity contribution is -0.151. The highest BCUT2D eigenvalue weighted by Crippen LogP contribution is 2.46. The van der Waals surface area contributed by atoms with Gasteiger partial charge in [-0.2, -0.15) is 0 Å². The minimum absolute atomic E-state index is 0.0419. The Morgan fingerprint density at radius 3 is 2.59 bits per heavy atom. The quantitative estimate of drug-likeness (QED) is 0.333. The summed E-state index contributed by atoms with van der Waals surface area (Å²) in [7, 11) is 2.75. The molecule has 0 saturated carbocycles. The van der Waals surface area contributed by atoms with Crippen LogP contribution >= 0.6 is 0 Å². The van der Waals surface area contributed by atoms with Gasteiger partial charge in [0.1, 0.15) is 12.5 Å². The summed E-state index contributed by atoms with van der Waals surface area (Å²) < 4.78 is 20.8. The van der Waals surface area contributed by atoms with Gasteiger partial charge in [-0.15, -0.1) is 0 Å². The third-order valence-electron chi connectivity index (χ3n) is 6.10. The van der Waals surface area contributed by atoms with Crippen LogP contribution in [0.5, 0.6) is 11.5 Å². The van der Waals surface area contributed by atoms with E-state index in [9.17, 15) is 19.5 Å². The lowest BCUT2D eigenvalue weighted by Gasteiger charge is -2.38. The number of methoxy groups -OCH3 is 2. The summed E-state index contributed by atoms with van der Waals surface area (Å²) in [5.41, 5.74) is 2.31. The Morgan fingerprint density at radius 2 is 1.94 bits per heavy atom. The molecule has 184 valence electrons. The molecular weight excluding hydrogens is 442 g/mol. The van der Waals surface area contributed by atoms with Gasteiger partial charge in [0.25, 0.3) is 0 Å². The van der Waals surface area contributed by atoms with Crippen LogP contribution in [0.3, 0.4) is 0 Å². The summed E-state index contributed by atoms with van der Waals surface area (Å²) in [6.45, 7) is 5.93. The van der Waals surface area contributed by atoms with Crippen molar-refractivity contribution in [1.29, 1.82) is 0 Å². The second kappa shape index (κ2) is 10.7. The molecule has 1 heterocycles. The lowest BCUT2D eigenvalue weighted by Crippen LogP contribution is -2.43. The largest absolute Gasteiger partial charge is 0.504 e. The van der Waals surface area contributed by atoms with Crippen LogP contribution in [0.15, 0.2) is 40.7 Å². The van der Waals surface area contributed by atoms with E-state index in [0.717, 1.165) is 0 Å². The van der Waals surface area contributed by atoms with Crippen LogP contribution in [0.1, 0.15) is 38.7 Å². The van der Waals surface area contributed by atoms with Crippen LogP contribution in [0.25, 0.3) is 0 Å². The van der Waals surface area contributed by atoms with Crippen LogP contribution < -0.4 is 10.1 Å². The summed E-state index contributed by atoms with van der Waals surface area (Å²) in [6.07, 6.45) is 0.428. The number of hydrogen-bond donors (Lipinski definition) is 2. The number of dihydropyridines is 1. The average Bonchev–Trinajstić information content (AvgIpc) is 2.79. The summed E-state index contributed by atoms with van der Waals surface area (Å²) in [5, 5.41) is 13.4. The van der Waals surface area contributed by atoms with Crippen molar-refractivity contribution in [2.75, 3.05) is 34.0 Å².